The van der Waals surface area contributed by atoms with Crippen molar-refractivity contribution in [2.45, 2.75) is 6.42 Å². The maximum Gasteiger partial charge on any atom is 0.159 e. The number of thioether (sulfide) groups is 1. The minimum absolute atomic E-state index is 0.830. The van der Waals surface area contributed by atoms with Crippen molar-refractivity contribution in [3.63, 3.8) is 0 Å². The predicted octanol–water partition coefficient (Wildman–Crippen LogP) is 1.85. The molecule has 2 N–H and O–H groups in total. The fourth-order valence-electron chi connectivity index (χ4n) is 1.80. The first-order valence-electron chi connectivity index (χ1n) is 5.48. The molecule has 0 spiro atoms. The van der Waals surface area contributed by atoms with E-state index in [2.05, 4.69) is 22.0 Å². The van der Waals surface area contributed by atoms with Gasteiger partial charge in [0.1, 0.15) is 0 Å². The summed E-state index contributed by atoms with van der Waals surface area (Å²) in [5.74, 6) is 1.16. The number of aliphatic imine (C=N–C) groups is 1. The van der Waals surface area contributed by atoms with E-state index in [1.807, 2.05) is 30.9 Å². The molecule has 1 fully saturated rings. The van der Waals surface area contributed by atoms with Crippen molar-refractivity contribution in [1.82, 2.24) is 4.90 Å². The Balaban J connectivity index is 1.90. The Morgan fingerprint density at radius 1 is 1.38 bits per heavy atom. The summed E-state index contributed by atoms with van der Waals surface area (Å²) in [5, 5.41) is 1.18. The van der Waals surface area contributed by atoms with Crippen LogP contribution < -0.4 is 5.73 Å². The molecule has 0 amide bonds. The predicted molar refractivity (Wildman–Crippen MR) is 71.9 cm³/mol. The zero-order valence-electron chi connectivity index (χ0n) is 9.52. The van der Waals surface area contributed by atoms with E-state index in [1.165, 1.54) is 10.7 Å². The Bertz CT molecular complexity index is 372. The van der Waals surface area contributed by atoms with Crippen molar-refractivity contribution < 1.29 is 0 Å². The van der Waals surface area contributed by atoms with Gasteiger partial charge in [-0.1, -0.05) is 23.9 Å². The van der Waals surface area contributed by atoms with Gasteiger partial charge in [-0.25, -0.2) is 0 Å². The van der Waals surface area contributed by atoms with Gasteiger partial charge in [0, 0.05) is 31.6 Å². The first kappa shape index (κ1) is 11.3. The molecule has 1 heterocycles. The number of rotatable bonds is 3. The summed E-state index contributed by atoms with van der Waals surface area (Å²) in [4.78, 5) is 6.63. The van der Waals surface area contributed by atoms with E-state index in [0.717, 1.165) is 31.0 Å². The molecule has 1 aliphatic rings. The van der Waals surface area contributed by atoms with E-state index in [-0.39, 0.29) is 0 Å². The van der Waals surface area contributed by atoms with E-state index in [0.29, 0.717) is 0 Å². The van der Waals surface area contributed by atoms with Crippen LogP contribution in [-0.2, 0) is 6.42 Å². The number of hydrogen-bond acceptors (Lipinski definition) is 3. The Labute approximate surface area is 101 Å². The molecule has 1 aromatic carbocycles. The van der Waals surface area contributed by atoms with Crippen LogP contribution in [0.2, 0.25) is 0 Å². The number of hydrogen-bond donors (Lipinski definition) is 1. The van der Waals surface area contributed by atoms with E-state index in [9.17, 15) is 0 Å². The van der Waals surface area contributed by atoms with Crippen LogP contribution in [0.5, 0.6) is 0 Å². The van der Waals surface area contributed by atoms with Gasteiger partial charge in [0.2, 0.25) is 0 Å². The van der Waals surface area contributed by atoms with Gasteiger partial charge in [0.05, 0.1) is 0 Å². The lowest BCUT2D eigenvalue weighted by molar-refractivity contribution is 0.465. The van der Waals surface area contributed by atoms with E-state index in [1.54, 1.807) is 0 Å². The molecule has 86 valence electrons. The summed E-state index contributed by atoms with van der Waals surface area (Å²) in [7, 11) is 1.86. The zero-order valence-corrected chi connectivity index (χ0v) is 10.3. The molecule has 0 aliphatic carbocycles. The highest BCUT2D eigenvalue weighted by molar-refractivity contribution is 8.14. The van der Waals surface area contributed by atoms with Gasteiger partial charge in [-0.2, -0.15) is 0 Å². The summed E-state index contributed by atoms with van der Waals surface area (Å²) in [6, 6.07) is 8.12. The Morgan fingerprint density at radius 2 is 2.12 bits per heavy atom. The lowest BCUT2D eigenvalue weighted by Gasteiger charge is -2.17. The van der Waals surface area contributed by atoms with Gasteiger partial charge in [-0.3, -0.25) is 4.99 Å². The Hall–Kier alpha value is -1.16. The van der Waals surface area contributed by atoms with Crippen LogP contribution in [0, 0.1) is 0 Å². The lowest BCUT2D eigenvalue weighted by atomic mass is 10.1. The van der Waals surface area contributed by atoms with Gasteiger partial charge >= 0.3 is 0 Å². The number of nitrogens with zero attached hydrogens (tertiary/aromatic N) is 2. The number of benzene rings is 1. The van der Waals surface area contributed by atoms with E-state index < -0.39 is 0 Å². The molecule has 0 saturated carbocycles. The third-order valence-corrected chi connectivity index (χ3v) is 3.79. The summed E-state index contributed by atoms with van der Waals surface area (Å²) < 4.78 is 0. The van der Waals surface area contributed by atoms with Crippen LogP contribution in [0.15, 0.2) is 29.3 Å². The van der Waals surface area contributed by atoms with Crippen LogP contribution in [0.3, 0.4) is 0 Å². The SMILES string of the molecule is CN=C1SCCN1CCc1ccc(N)cc1. The Kier molecular flexibility index (Phi) is 3.72. The average molecular weight is 235 g/mol. The molecular weight excluding hydrogens is 218 g/mol. The van der Waals surface area contributed by atoms with Gasteiger partial charge in [-0.05, 0) is 24.1 Å². The number of nitrogens with two attached hydrogens (primary N) is 1. The van der Waals surface area contributed by atoms with Crippen molar-refractivity contribution in [3.8, 4) is 0 Å². The summed E-state index contributed by atoms with van der Waals surface area (Å²) in [6.45, 7) is 2.16. The molecule has 1 aromatic rings. The molecule has 0 atom stereocenters. The van der Waals surface area contributed by atoms with Crippen LogP contribution in [0.25, 0.3) is 0 Å². The molecule has 0 radical (unpaired) electrons. The minimum Gasteiger partial charge on any atom is -0.399 e. The van der Waals surface area contributed by atoms with Crippen LogP contribution >= 0.6 is 11.8 Å². The van der Waals surface area contributed by atoms with Crippen LogP contribution in [0.1, 0.15) is 5.56 Å². The number of nitrogen functional groups attached to an aromatic ring is 1. The second-order valence-corrected chi connectivity index (χ2v) is 4.90. The molecule has 2 rings (SSSR count). The highest BCUT2D eigenvalue weighted by atomic mass is 32.2. The maximum atomic E-state index is 5.66. The minimum atomic E-state index is 0.830. The lowest BCUT2D eigenvalue weighted by Crippen LogP contribution is -2.26. The normalized spacial score (nSPS) is 18.3. The van der Waals surface area contributed by atoms with Crippen LogP contribution in [-0.4, -0.2) is 36.0 Å². The molecule has 1 saturated heterocycles. The molecular formula is C12H17N3S. The highest BCUT2D eigenvalue weighted by Gasteiger charge is 2.17. The average Bonchev–Trinajstić information content (AvgIpc) is 2.76. The van der Waals surface area contributed by atoms with Crippen molar-refractivity contribution in [1.29, 1.82) is 0 Å². The third kappa shape index (κ3) is 2.70. The molecule has 0 unspecified atom stereocenters. The number of amidine groups is 1. The molecule has 4 heteroatoms. The fourth-order valence-corrected chi connectivity index (χ4v) is 2.78. The van der Waals surface area contributed by atoms with Crippen molar-refractivity contribution in [3.05, 3.63) is 29.8 Å². The second kappa shape index (κ2) is 5.25. The van der Waals surface area contributed by atoms with E-state index in [4.69, 9.17) is 5.73 Å². The molecule has 16 heavy (non-hydrogen) atoms. The zero-order chi connectivity index (χ0) is 11.4. The monoisotopic (exact) mass is 235 g/mol. The van der Waals surface area contributed by atoms with Crippen molar-refractivity contribution >= 4 is 22.6 Å². The van der Waals surface area contributed by atoms with E-state index >= 15 is 0 Å². The second-order valence-electron chi connectivity index (χ2n) is 3.83. The first-order valence-corrected chi connectivity index (χ1v) is 6.47. The van der Waals surface area contributed by atoms with Crippen LogP contribution in [0.4, 0.5) is 5.69 Å². The molecule has 3 nitrogen and oxygen atoms in total. The topological polar surface area (TPSA) is 41.6 Å². The van der Waals surface area contributed by atoms with Crippen molar-refractivity contribution in [2.24, 2.45) is 4.99 Å². The molecule has 0 bridgehead atoms. The Morgan fingerprint density at radius 3 is 2.81 bits per heavy atom. The fraction of sp³-hybridized carbons (Fsp3) is 0.417. The summed E-state index contributed by atoms with van der Waals surface area (Å²) >= 11 is 1.84. The van der Waals surface area contributed by atoms with Gasteiger partial charge in [-0.15, -0.1) is 0 Å². The first-order chi connectivity index (χ1) is 7.79. The smallest absolute Gasteiger partial charge is 0.159 e. The molecule has 1 aliphatic heterocycles. The number of anilines is 1. The standard InChI is InChI=1S/C12H17N3S/c1-14-12-15(8-9-16-12)7-6-10-2-4-11(13)5-3-10/h2-5H,6-9,13H2,1H3. The molecule has 0 aromatic heterocycles. The largest absolute Gasteiger partial charge is 0.399 e. The van der Waals surface area contributed by atoms with Gasteiger partial charge in [0.25, 0.3) is 0 Å². The summed E-state index contributed by atoms with van der Waals surface area (Å²) in [6.07, 6.45) is 1.06. The third-order valence-electron chi connectivity index (χ3n) is 2.70. The summed E-state index contributed by atoms with van der Waals surface area (Å²) in [5.41, 5.74) is 7.82. The van der Waals surface area contributed by atoms with Gasteiger partial charge in [0.15, 0.2) is 5.17 Å². The quantitative estimate of drug-likeness (QED) is 0.813. The van der Waals surface area contributed by atoms with Crippen molar-refractivity contribution in [2.75, 3.05) is 31.6 Å². The van der Waals surface area contributed by atoms with Gasteiger partial charge < -0.3 is 10.6 Å². The highest BCUT2D eigenvalue weighted by Crippen LogP contribution is 2.18. The maximum absolute atomic E-state index is 5.66.